The number of benzene rings is 2. The van der Waals surface area contributed by atoms with Gasteiger partial charge in [-0.1, -0.05) is 43.4 Å². The highest BCUT2D eigenvalue weighted by Gasteiger charge is 2.44. The number of methoxy groups -OCH3 is 3. The monoisotopic (exact) mass is 725 g/mol. The van der Waals surface area contributed by atoms with Crippen LogP contribution in [0.15, 0.2) is 54.6 Å². The maximum atomic E-state index is 14.0. The minimum Gasteiger partial charge on any atom is -0.497 e. The molecule has 0 saturated carbocycles. The van der Waals surface area contributed by atoms with Crippen LogP contribution in [0.25, 0.3) is 6.08 Å². The van der Waals surface area contributed by atoms with Crippen molar-refractivity contribution < 1.29 is 52.2 Å². The van der Waals surface area contributed by atoms with Gasteiger partial charge in [0.05, 0.1) is 38.7 Å². The van der Waals surface area contributed by atoms with E-state index in [-0.39, 0.29) is 37.2 Å². The number of cyclic esters (lactones) is 1. The normalized spacial score (nSPS) is 23.2. The van der Waals surface area contributed by atoms with Crippen LogP contribution < -0.4 is 14.4 Å². The van der Waals surface area contributed by atoms with E-state index in [1.807, 2.05) is 70.2 Å². The van der Waals surface area contributed by atoms with Gasteiger partial charge in [-0.2, -0.15) is 0 Å². The third-order valence-corrected chi connectivity index (χ3v) is 8.55. The molecule has 5 atom stereocenters. The van der Waals surface area contributed by atoms with E-state index in [9.17, 15) is 9.59 Å². The first-order chi connectivity index (χ1) is 24.6. The average molecular weight is 726 g/mol. The Morgan fingerprint density at radius 2 is 1.73 bits per heavy atom. The van der Waals surface area contributed by atoms with Crippen LogP contribution in [0.5, 0.6) is 11.5 Å². The molecule has 1 saturated heterocycles. The fourth-order valence-corrected chi connectivity index (χ4v) is 5.79. The molecule has 2 aromatic rings. The second kappa shape index (κ2) is 18.2. The van der Waals surface area contributed by atoms with Crippen LogP contribution in [0.4, 0.5) is 10.5 Å². The van der Waals surface area contributed by atoms with Gasteiger partial charge in [-0.25, -0.2) is 9.59 Å². The summed E-state index contributed by atoms with van der Waals surface area (Å²) in [4.78, 5) is 29.0. The lowest BCUT2D eigenvalue weighted by Gasteiger charge is -2.28. The molecule has 0 aliphatic carbocycles. The molecular weight excluding hydrogens is 670 g/mol. The summed E-state index contributed by atoms with van der Waals surface area (Å²) < 4.78 is 53.0. The van der Waals surface area contributed by atoms with Crippen molar-refractivity contribution in [2.45, 2.75) is 97.3 Å². The van der Waals surface area contributed by atoms with Gasteiger partial charge in [0.2, 0.25) is 0 Å². The van der Waals surface area contributed by atoms with Gasteiger partial charge in [-0.15, -0.1) is 0 Å². The summed E-state index contributed by atoms with van der Waals surface area (Å²) >= 11 is 0. The molecule has 1 fully saturated rings. The van der Waals surface area contributed by atoms with Gasteiger partial charge >= 0.3 is 12.1 Å². The van der Waals surface area contributed by atoms with Crippen molar-refractivity contribution >= 4 is 23.8 Å². The van der Waals surface area contributed by atoms with E-state index >= 15 is 0 Å². The molecule has 52 heavy (non-hydrogen) atoms. The van der Waals surface area contributed by atoms with Crippen LogP contribution >= 0.6 is 0 Å². The lowest BCUT2D eigenvalue weighted by molar-refractivity contribution is -0.156. The van der Waals surface area contributed by atoms with E-state index in [4.69, 9.17) is 42.6 Å². The number of carbonyl (C=O) groups excluding carboxylic acids is 2. The Morgan fingerprint density at radius 1 is 1.00 bits per heavy atom. The predicted octanol–water partition coefficient (Wildman–Crippen LogP) is 7.33. The zero-order valence-corrected chi connectivity index (χ0v) is 32.1. The fraction of sp³-hybridized carbons (Fsp3) is 0.550. The second-order valence-electron chi connectivity index (χ2n) is 14.3. The van der Waals surface area contributed by atoms with Gasteiger partial charge < -0.3 is 42.6 Å². The number of hydrogen-bond donors (Lipinski definition) is 0. The molecule has 0 unspecified atom stereocenters. The van der Waals surface area contributed by atoms with Crippen molar-refractivity contribution in [1.29, 1.82) is 0 Å². The van der Waals surface area contributed by atoms with Crippen molar-refractivity contribution in [3.05, 3.63) is 71.3 Å². The lowest BCUT2D eigenvalue weighted by atomic mass is 9.98. The van der Waals surface area contributed by atoms with Crippen molar-refractivity contribution in [3.8, 4) is 11.5 Å². The van der Waals surface area contributed by atoms with Crippen LogP contribution in [0.3, 0.4) is 0 Å². The van der Waals surface area contributed by atoms with Crippen LogP contribution in [0, 0.1) is 5.92 Å². The van der Waals surface area contributed by atoms with E-state index in [0.717, 1.165) is 11.3 Å². The van der Waals surface area contributed by atoms with Crippen LogP contribution in [0.1, 0.15) is 76.4 Å². The van der Waals surface area contributed by atoms with Crippen LogP contribution in [0.2, 0.25) is 0 Å². The summed E-state index contributed by atoms with van der Waals surface area (Å²) in [5, 5.41) is 0. The molecule has 1 amide bonds. The van der Waals surface area contributed by atoms with Crippen LogP contribution in [-0.2, 0) is 39.8 Å². The molecule has 2 aromatic carbocycles. The smallest absolute Gasteiger partial charge is 0.414 e. The third kappa shape index (κ3) is 11.3. The maximum absolute atomic E-state index is 14.0. The van der Waals surface area contributed by atoms with E-state index in [0.29, 0.717) is 24.3 Å². The number of rotatable bonds is 11. The fourth-order valence-electron chi connectivity index (χ4n) is 5.79. The first kappa shape index (κ1) is 40.8. The Morgan fingerprint density at radius 3 is 2.38 bits per heavy atom. The SMILES string of the molecule is COCCN(C(=O)OC(C)(C)C)c1cc2c(c(OCOC)c1)C(=O)O[C@@H](C)[C@H](C)C=C[C@@H](OCc1ccc(OC)cc1)[C@H]1OC(C)(C)O[C@H]1CC=C2. The first-order valence-corrected chi connectivity index (χ1v) is 17.6. The number of fused-ring (bicyclic) bond motifs is 2. The summed E-state index contributed by atoms with van der Waals surface area (Å²) in [6.45, 7) is 13.6. The van der Waals surface area contributed by atoms with Crippen molar-refractivity contribution in [2.75, 3.05) is 46.2 Å². The number of ether oxygens (including phenoxy) is 9. The standard InChI is InChI=1S/C40H55NO11/c1-26-14-19-32(47-24-28-15-17-31(46-10)18-16-28)36-33(50-40(6,7)51-36)13-11-12-29-22-30(41(20-21-44-8)38(43)52-39(3,4)5)23-34(48-25-45-9)35(29)37(42)49-27(26)2/h11-12,14-19,22-23,26-27,32-33,36H,13,20-21,24-25H2,1-10H3/t26-,27+,32-,33+,36-/m1/s1. The second-order valence-corrected chi connectivity index (χ2v) is 14.3. The molecule has 286 valence electrons. The molecule has 2 heterocycles. The summed E-state index contributed by atoms with van der Waals surface area (Å²) in [5.41, 5.74) is 1.32. The molecule has 0 radical (unpaired) electrons. The molecule has 0 N–H and O–H groups in total. The Hall–Kier alpha value is -3.94. The molecule has 0 aromatic heterocycles. The van der Waals surface area contributed by atoms with Gasteiger partial charge in [-0.3, -0.25) is 4.90 Å². The topological polar surface area (TPSA) is 120 Å². The summed E-state index contributed by atoms with van der Waals surface area (Å²) in [6, 6.07) is 11.1. The number of anilines is 1. The van der Waals surface area contributed by atoms with E-state index in [1.165, 1.54) is 12.0 Å². The highest BCUT2D eigenvalue weighted by molar-refractivity contribution is 5.99. The quantitative estimate of drug-likeness (QED) is 0.132. The van der Waals surface area contributed by atoms with Gasteiger partial charge in [0, 0.05) is 26.2 Å². The largest absolute Gasteiger partial charge is 0.497 e. The minimum atomic E-state index is -0.869. The first-order valence-electron chi connectivity index (χ1n) is 17.6. The van der Waals surface area contributed by atoms with Gasteiger partial charge in [0.1, 0.15) is 41.0 Å². The Labute approximate surface area is 307 Å². The lowest BCUT2D eigenvalue weighted by Crippen LogP contribution is -2.39. The minimum absolute atomic E-state index is 0.145. The third-order valence-electron chi connectivity index (χ3n) is 8.55. The average Bonchev–Trinajstić information content (AvgIpc) is 3.39. The van der Waals surface area contributed by atoms with Crippen LogP contribution in [-0.4, -0.2) is 89.1 Å². The van der Waals surface area contributed by atoms with E-state index < -0.39 is 47.9 Å². The molecule has 12 nitrogen and oxygen atoms in total. The Bertz CT molecular complexity index is 1550. The number of hydrogen-bond acceptors (Lipinski definition) is 11. The van der Waals surface area contributed by atoms with E-state index in [2.05, 4.69) is 0 Å². The highest BCUT2D eigenvalue weighted by atomic mass is 16.8. The summed E-state index contributed by atoms with van der Waals surface area (Å²) in [6.07, 6.45) is 5.64. The molecule has 0 bridgehead atoms. The van der Waals surface area contributed by atoms with Crippen molar-refractivity contribution in [1.82, 2.24) is 0 Å². The maximum Gasteiger partial charge on any atom is 0.414 e. The molecule has 2 aliphatic heterocycles. The van der Waals surface area contributed by atoms with E-state index in [1.54, 1.807) is 53.2 Å². The van der Waals surface area contributed by atoms with Gasteiger partial charge in [0.15, 0.2) is 12.6 Å². The predicted molar refractivity (Wildman–Crippen MR) is 197 cm³/mol. The van der Waals surface area contributed by atoms with Crippen molar-refractivity contribution in [3.63, 3.8) is 0 Å². The molecule has 2 aliphatic rings. The molecule has 12 heteroatoms. The Balaban J connectivity index is 1.78. The number of nitrogens with zero attached hydrogens (tertiary/aromatic N) is 1. The molecule has 0 spiro atoms. The zero-order chi connectivity index (χ0) is 38.1. The molecule has 4 rings (SSSR count). The van der Waals surface area contributed by atoms with Gasteiger partial charge in [0.25, 0.3) is 0 Å². The Kier molecular flexibility index (Phi) is 14.3. The summed E-state index contributed by atoms with van der Waals surface area (Å²) in [7, 11) is 4.67. The van der Waals surface area contributed by atoms with Gasteiger partial charge in [-0.05, 0) is 77.3 Å². The number of carbonyl (C=O) groups is 2. The molecular formula is C40H55NO11. The highest BCUT2D eigenvalue weighted by Crippen LogP contribution is 2.36. The number of esters is 1. The zero-order valence-electron chi connectivity index (χ0n) is 32.1. The summed E-state index contributed by atoms with van der Waals surface area (Å²) in [5.74, 6) is -0.713. The number of amides is 1. The van der Waals surface area contributed by atoms with Crippen molar-refractivity contribution in [2.24, 2.45) is 5.92 Å².